The normalized spacial score (nSPS) is 14.5. The maximum Gasteiger partial charge on any atom is 0.254 e. The summed E-state index contributed by atoms with van der Waals surface area (Å²) in [6, 6.07) is 16.4. The third kappa shape index (κ3) is 5.36. The lowest BCUT2D eigenvalue weighted by Gasteiger charge is -2.34. The van der Waals surface area contributed by atoms with E-state index in [4.69, 9.17) is 4.74 Å². The molecule has 0 radical (unpaired) electrons. The molecule has 0 unspecified atom stereocenters. The van der Waals surface area contributed by atoms with E-state index in [-0.39, 0.29) is 22.4 Å². The Morgan fingerprint density at radius 3 is 2.47 bits per heavy atom. The molecule has 10 heteroatoms. The van der Waals surface area contributed by atoms with Gasteiger partial charge < -0.3 is 9.64 Å². The highest BCUT2D eigenvalue weighted by molar-refractivity contribution is 7.90. The Labute approximate surface area is 220 Å². The highest BCUT2D eigenvalue weighted by Gasteiger charge is 2.25. The smallest absolute Gasteiger partial charge is 0.254 e. The van der Waals surface area contributed by atoms with Crippen LogP contribution in [0.25, 0.3) is 10.9 Å². The molecule has 0 saturated carbocycles. The van der Waals surface area contributed by atoms with E-state index in [0.29, 0.717) is 60.8 Å². The number of aromatic nitrogens is 2. The number of fused-ring (bicyclic) bond motifs is 1. The number of amides is 1. The van der Waals surface area contributed by atoms with Gasteiger partial charge in [-0.05, 0) is 36.4 Å². The molecule has 1 amide bonds. The molecule has 0 bridgehead atoms. The summed E-state index contributed by atoms with van der Waals surface area (Å²) in [5, 5.41) is 0.742. The Bertz CT molecular complexity index is 1580. The Balaban J connectivity index is 1.29. The van der Waals surface area contributed by atoms with Gasteiger partial charge in [-0.2, -0.15) is 0 Å². The predicted octanol–water partition coefficient (Wildman–Crippen LogP) is 3.71. The SMILES string of the molecule is COc1cc(C(=O)N2CCN(Cc3ncccc3F)CC2)ccc1CS(=O)(=O)c1cccc2cccnc12. The molecule has 8 nitrogen and oxygen atoms in total. The number of para-hydroxylation sites is 1. The fourth-order valence-electron chi connectivity index (χ4n) is 4.64. The zero-order valence-corrected chi connectivity index (χ0v) is 21.7. The molecule has 3 heterocycles. The molecule has 0 N–H and O–H groups in total. The highest BCUT2D eigenvalue weighted by atomic mass is 32.2. The summed E-state index contributed by atoms with van der Waals surface area (Å²) >= 11 is 0. The van der Waals surface area contributed by atoms with Crippen molar-refractivity contribution < 1.29 is 22.3 Å². The van der Waals surface area contributed by atoms with Gasteiger partial charge in [-0.15, -0.1) is 0 Å². The number of sulfone groups is 1. The van der Waals surface area contributed by atoms with E-state index in [2.05, 4.69) is 14.9 Å². The van der Waals surface area contributed by atoms with Gasteiger partial charge in [0.15, 0.2) is 9.84 Å². The van der Waals surface area contributed by atoms with Gasteiger partial charge in [-0.3, -0.25) is 19.7 Å². The van der Waals surface area contributed by atoms with E-state index in [0.717, 1.165) is 5.39 Å². The number of hydrogen-bond donors (Lipinski definition) is 0. The Hall–Kier alpha value is -3.89. The van der Waals surface area contributed by atoms with Crippen molar-refractivity contribution in [3.63, 3.8) is 0 Å². The molecule has 0 aliphatic carbocycles. The lowest BCUT2D eigenvalue weighted by Crippen LogP contribution is -2.48. The number of benzene rings is 2. The number of nitrogens with zero attached hydrogens (tertiary/aromatic N) is 4. The maximum absolute atomic E-state index is 13.9. The molecule has 2 aromatic carbocycles. The molecule has 1 aliphatic heterocycles. The summed E-state index contributed by atoms with van der Waals surface area (Å²) in [6.45, 7) is 2.54. The van der Waals surface area contributed by atoms with Crippen molar-refractivity contribution in [2.24, 2.45) is 0 Å². The second kappa shape index (κ2) is 10.8. The molecule has 38 heavy (non-hydrogen) atoms. The number of piperazine rings is 1. The number of hydrogen-bond acceptors (Lipinski definition) is 7. The first-order valence-electron chi connectivity index (χ1n) is 12.2. The first kappa shape index (κ1) is 25.7. The number of rotatable bonds is 7. The monoisotopic (exact) mass is 534 g/mol. The van der Waals surface area contributed by atoms with Crippen LogP contribution in [0.1, 0.15) is 21.6 Å². The van der Waals surface area contributed by atoms with Crippen molar-refractivity contribution in [1.82, 2.24) is 19.8 Å². The molecular formula is C28H27FN4O4S. The third-order valence-corrected chi connectivity index (χ3v) is 8.37. The van der Waals surface area contributed by atoms with E-state index in [1.165, 1.54) is 13.2 Å². The van der Waals surface area contributed by atoms with Gasteiger partial charge in [0.1, 0.15) is 11.6 Å². The van der Waals surface area contributed by atoms with Gasteiger partial charge in [-0.1, -0.05) is 24.3 Å². The summed E-state index contributed by atoms with van der Waals surface area (Å²) in [5.41, 5.74) is 1.69. The minimum Gasteiger partial charge on any atom is -0.496 e. The minimum atomic E-state index is -3.74. The Morgan fingerprint density at radius 1 is 0.974 bits per heavy atom. The van der Waals surface area contributed by atoms with Crippen molar-refractivity contribution in [2.75, 3.05) is 33.3 Å². The maximum atomic E-state index is 13.9. The summed E-state index contributed by atoms with van der Waals surface area (Å²) in [5.74, 6) is -0.461. The second-order valence-electron chi connectivity index (χ2n) is 9.12. The van der Waals surface area contributed by atoms with Crippen LogP contribution in [0.2, 0.25) is 0 Å². The zero-order valence-electron chi connectivity index (χ0n) is 20.9. The molecule has 1 fully saturated rings. The lowest BCUT2D eigenvalue weighted by atomic mass is 10.1. The summed E-state index contributed by atoms with van der Waals surface area (Å²) in [7, 11) is -2.28. The number of methoxy groups -OCH3 is 1. The van der Waals surface area contributed by atoms with Gasteiger partial charge in [0.25, 0.3) is 5.91 Å². The highest BCUT2D eigenvalue weighted by Crippen LogP contribution is 2.29. The van der Waals surface area contributed by atoms with E-state index in [1.807, 2.05) is 12.1 Å². The first-order valence-corrected chi connectivity index (χ1v) is 13.9. The van der Waals surface area contributed by atoms with Crippen molar-refractivity contribution in [2.45, 2.75) is 17.2 Å². The third-order valence-electron chi connectivity index (χ3n) is 6.68. The van der Waals surface area contributed by atoms with Crippen LogP contribution in [0, 0.1) is 5.82 Å². The van der Waals surface area contributed by atoms with Crippen LogP contribution < -0.4 is 4.74 Å². The van der Waals surface area contributed by atoms with E-state index < -0.39 is 9.84 Å². The Kier molecular flexibility index (Phi) is 7.35. The van der Waals surface area contributed by atoms with Crippen molar-refractivity contribution in [1.29, 1.82) is 0 Å². The molecule has 4 aromatic rings. The molecule has 1 aliphatic rings. The number of ether oxygens (including phenoxy) is 1. The fraction of sp³-hybridized carbons (Fsp3) is 0.250. The molecule has 0 spiro atoms. The second-order valence-corrected chi connectivity index (χ2v) is 11.1. The van der Waals surface area contributed by atoms with Gasteiger partial charge in [0.05, 0.1) is 29.0 Å². The summed E-state index contributed by atoms with van der Waals surface area (Å²) < 4.78 is 46.1. The average molecular weight is 535 g/mol. The van der Waals surface area contributed by atoms with Crippen molar-refractivity contribution in [3.05, 3.63) is 95.7 Å². The number of carbonyl (C=O) groups is 1. The zero-order chi connectivity index (χ0) is 26.7. The molecular weight excluding hydrogens is 507 g/mol. The number of halogens is 1. The topological polar surface area (TPSA) is 92.7 Å². The standard InChI is InChI=1S/C28H27FN4O4S/c1-37-25-17-21(28(34)33-15-13-32(14-16-33)18-24-23(29)7-4-11-30-24)9-10-22(25)19-38(35,36)26-8-2-5-20-6-3-12-31-27(20)26/h2-12,17H,13-16,18-19H2,1H3. The largest absolute Gasteiger partial charge is 0.496 e. The Morgan fingerprint density at radius 2 is 1.71 bits per heavy atom. The average Bonchev–Trinajstić information content (AvgIpc) is 2.94. The lowest BCUT2D eigenvalue weighted by molar-refractivity contribution is 0.0625. The number of carbonyl (C=O) groups excluding carboxylic acids is 1. The molecule has 2 aromatic heterocycles. The van der Waals surface area contributed by atoms with Gasteiger partial charge in [-0.25, -0.2) is 12.8 Å². The van der Waals surface area contributed by atoms with Crippen LogP contribution in [0.15, 0.2) is 78.0 Å². The van der Waals surface area contributed by atoms with E-state index in [9.17, 15) is 17.6 Å². The van der Waals surface area contributed by atoms with Crippen LogP contribution >= 0.6 is 0 Å². The predicted molar refractivity (Wildman–Crippen MR) is 141 cm³/mol. The fourth-order valence-corrected chi connectivity index (χ4v) is 6.20. The van der Waals surface area contributed by atoms with E-state index >= 15 is 0 Å². The van der Waals surface area contributed by atoms with Gasteiger partial charge >= 0.3 is 0 Å². The number of pyridine rings is 2. The summed E-state index contributed by atoms with van der Waals surface area (Å²) in [4.78, 5) is 25.5. The first-order chi connectivity index (χ1) is 18.4. The van der Waals surface area contributed by atoms with Crippen molar-refractivity contribution in [3.8, 4) is 5.75 Å². The molecule has 196 valence electrons. The summed E-state index contributed by atoms with van der Waals surface area (Å²) in [6.07, 6.45) is 3.14. The molecule has 1 saturated heterocycles. The van der Waals surface area contributed by atoms with Gasteiger partial charge in [0, 0.05) is 61.6 Å². The van der Waals surface area contributed by atoms with Gasteiger partial charge in [0.2, 0.25) is 0 Å². The van der Waals surface area contributed by atoms with Crippen LogP contribution in [-0.2, 0) is 22.1 Å². The van der Waals surface area contributed by atoms with Crippen LogP contribution in [-0.4, -0.2) is 67.4 Å². The van der Waals surface area contributed by atoms with Crippen LogP contribution in [0.3, 0.4) is 0 Å². The van der Waals surface area contributed by atoms with Crippen LogP contribution in [0.5, 0.6) is 5.75 Å². The van der Waals surface area contributed by atoms with Crippen molar-refractivity contribution >= 4 is 26.6 Å². The van der Waals surface area contributed by atoms with Crippen LogP contribution in [0.4, 0.5) is 4.39 Å². The van der Waals surface area contributed by atoms with E-state index in [1.54, 1.807) is 59.8 Å². The molecule has 0 atom stereocenters. The quantitative estimate of drug-likeness (QED) is 0.357. The minimum absolute atomic E-state index is 0.154. The molecule has 5 rings (SSSR count).